The largest absolute Gasteiger partial charge is 0.497 e. The predicted octanol–water partition coefficient (Wildman–Crippen LogP) is 3.47. The molecule has 8 heteroatoms. The zero-order valence-corrected chi connectivity index (χ0v) is 16.1. The first-order valence-corrected chi connectivity index (χ1v) is 10.5. The smallest absolute Gasteiger partial charge is 0.226 e. The van der Waals surface area contributed by atoms with Crippen molar-refractivity contribution in [1.82, 2.24) is 4.98 Å². The molecule has 0 fully saturated rings. The van der Waals surface area contributed by atoms with E-state index >= 15 is 0 Å². The molecule has 0 saturated carbocycles. The van der Waals surface area contributed by atoms with Crippen molar-refractivity contribution in [3.05, 3.63) is 35.3 Å². The molecule has 2 aromatic rings. The molecule has 6 nitrogen and oxygen atoms in total. The van der Waals surface area contributed by atoms with Crippen LogP contribution in [0.2, 0.25) is 0 Å². The fourth-order valence-corrected chi connectivity index (χ4v) is 4.31. The highest BCUT2D eigenvalue weighted by Gasteiger charge is 2.16. The Kier molecular flexibility index (Phi) is 6.55. The number of carbonyl (C=O) groups excluding carboxylic acids is 1. The van der Waals surface area contributed by atoms with Crippen molar-refractivity contribution in [3.8, 4) is 5.75 Å². The summed E-state index contributed by atoms with van der Waals surface area (Å²) in [5, 5.41) is 5.17. The van der Waals surface area contributed by atoms with Gasteiger partial charge in [0.25, 0.3) is 0 Å². The van der Waals surface area contributed by atoms with E-state index in [0.717, 1.165) is 5.69 Å². The number of anilines is 1. The second-order valence-corrected chi connectivity index (χ2v) is 8.85. The van der Waals surface area contributed by atoms with Crippen LogP contribution in [0.1, 0.15) is 38.3 Å². The molecule has 2 rings (SSSR count). The van der Waals surface area contributed by atoms with E-state index in [1.165, 1.54) is 30.6 Å². The summed E-state index contributed by atoms with van der Waals surface area (Å²) in [7, 11) is -1.89. The van der Waals surface area contributed by atoms with Crippen LogP contribution in [0.25, 0.3) is 0 Å². The Hall–Kier alpha value is -1.93. The van der Waals surface area contributed by atoms with Gasteiger partial charge in [0.05, 0.1) is 23.5 Å². The van der Waals surface area contributed by atoms with E-state index in [-0.39, 0.29) is 29.4 Å². The number of amides is 1. The SMILES string of the molecule is COc1ccc(S(=O)(=O)CCCC(=O)Nc2nc(C(C)C)cs2)cc1. The molecule has 0 atom stereocenters. The van der Waals surface area contributed by atoms with Gasteiger partial charge in [-0.15, -0.1) is 11.3 Å². The van der Waals surface area contributed by atoms with Gasteiger partial charge in [-0.25, -0.2) is 13.4 Å². The molecule has 1 amide bonds. The molecule has 0 aliphatic heterocycles. The molecule has 1 aromatic heterocycles. The number of methoxy groups -OCH3 is 1. The van der Waals surface area contributed by atoms with Crippen LogP contribution in [0, 0.1) is 0 Å². The number of rotatable bonds is 8. The molecule has 0 aliphatic rings. The second-order valence-electron chi connectivity index (χ2n) is 5.88. The Labute approximate surface area is 152 Å². The Bertz CT molecular complexity index is 811. The molecule has 0 radical (unpaired) electrons. The lowest BCUT2D eigenvalue weighted by molar-refractivity contribution is -0.116. The van der Waals surface area contributed by atoms with E-state index in [1.54, 1.807) is 12.1 Å². The number of benzene rings is 1. The number of hydrogen-bond acceptors (Lipinski definition) is 6. The van der Waals surface area contributed by atoms with Gasteiger partial charge in [0.2, 0.25) is 5.91 Å². The number of nitrogens with one attached hydrogen (secondary N) is 1. The first kappa shape index (κ1) is 19.4. The van der Waals surface area contributed by atoms with Gasteiger partial charge in [-0.05, 0) is 36.6 Å². The Morgan fingerprint density at radius 1 is 1.28 bits per heavy atom. The van der Waals surface area contributed by atoms with Gasteiger partial charge in [0.15, 0.2) is 15.0 Å². The molecule has 25 heavy (non-hydrogen) atoms. The minimum Gasteiger partial charge on any atom is -0.497 e. The molecule has 0 unspecified atom stereocenters. The lowest BCUT2D eigenvalue weighted by Crippen LogP contribution is -2.14. The third kappa shape index (κ3) is 5.54. The van der Waals surface area contributed by atoms with Crippen molar-refractivity contribution >= 4 is 32.2 Å². The van der Waals surface area contributed by atoms with Gasteiger partial charge >= 0.3 is 0 Å². The zero-order valence-electron chi connectivity index (χ0n) is 14.5. The average molecular weight is 383 g/mol. The third-order valence-electron chi connectivity index (χ3n) is 3.60. The molecule has 1 N–H and O–H groups in total. The van der Waals surface area contributed by atoms with Crippen molar-refractivity contribution in [2.75, 3.05) is 18.2 Å². The maximum absolute atomic E-state index is 12.3. The van der Waals surface area contributed by atoms with Gasteiger partial charge in [-0.2, -0.15) is 0 Å². The number of ether oxygens (including phenoxy) is 1. The maximum Gasteiger partial charge on any atom is 0.226 e. The van der Waals surface area contributed by atoms with Crippen LogP contribution in [0.3, 0.4) is 0 Å². The summed E-state index contributed by atoms with van der Waals surface area (Å²) < 4.78 is 29.5. The number of sulfone groups is 1. The summed E-state index contributed by atoms with van der Waals surface area (Å²) in [6.45, 7) is 4.06. The summed E-state index contributed by atoms with van der Waals surface area (Å²) in [5.41, 5.74) is 0.933. The normalized spacial score (nSPS) is 11.5. The molecule has 0 saturated heterocycles. The van der Waals surface area contributed by atoms with Crippen molar-refractivity contribution in [3.63, 3.8) is 0 Å². The molecular weight excluding hydrogens is 360 g/mol. The van der Waals surface area contributed by atoms with Crippen molar-refractivity contribution in [2.24, 2.45) is 0 Å². The first-order valence-electron chi connectivity index (χ1n) is 7.94. The van der Waals surface area contributed by atoms with Crippen molar-refractivity contribution in [1.29, 1.82) is 0 Å². The maximum atomic E-state index is 12.3. The lowest BCUT2D eigenvalue weighted by Gasteiger charge is -2.06. The summed E-state index contributed by atoms with van der Waals surface area (Å²) >= 11 is 1.37. The van der Waals surface area contributed by atoms with Gasteiger partial charge in [-0.1, -0.05) is 13.8 Å². The molecule has 0 aliphatic carbocycles. The highest BCUT2D eigenvalue weighted by molar-refractivity contribution is 7.91. The van der Waals surface area contributed by atoms with Crippen LogP contribution in [-0.2, 0) is 14.6 Å². The fraction of sp³-hybridized carbons (Fsp3) is 0.412. The lowest BCUT2D eigenvalue weighted by atomic mass is 10.2. The Balaban J connectivity index is 1.84. The Morgan fingerprint density at radius 3 is 2.52 bits per heavy atom. The number of aromatic nitrogens is 1. The first-order chi connectivity index (χ1) is 11.8. The summed E-state index contributed by atoms with van der Waals surface area (Å²) in [6.07, 6.45) is 0.384. The average Bonchev–Trinajstić information content (AvgIpc) is 3.03. The van der Waals surface area contributed by atoms with Crippen molar-refractivity contribution in [2.45, 2.75) is 37.5 Å². The molecule has 0 bridgehead atoms. The summed E-state index contributed by atoms with van der Waals surface area (Å²) in [4.78, 5) is 16.5. The topological polar surface area (TPSA) is 85.4 Å². The van der Waals surface area contributed by atoms with E-state index in [0.29, 0.717) is 16.8 Å². The van der Waals surface area contributed by atoms with Gasteiger partial charge in [-0.3, -0.25) is 4.79 Å². The summed E-state index contributed by atoms with van der Waals surface area (Å²) in [5.74, 6) is 0.593. The van der Waals surface area contributed by atoms with E-state index in [4.69, 9.17) is 4.74 Å². The van der Waals surface area contributed by atoms with E-state index in [2.05, 4.69) is 10.3 Å². The van der Waals surface area contributed by atoms with Gasteiger partial charge in [0.1, 0.15) is 5.75 Å². The molecule has 1 aromatic carbocycles. The molecule has 136 valence electrons. The zero-order chi connectivity index (χ0) is 18.4. The molecule has 1 heterocycles. The minimum atomic E-state index is -3.41. The van der Waals surface area contributed by atoms with Gasteiger partial charge in [0, 0.05) is 11.8 Å². The number of carbonyl (C=O) groups is 1. The third-order valence-corrected chi connectivity index (χ3v) is 6.19. The summed E-state index contributed by atoms with van der Waals surface area (Å²) in [6, 6.07) is 6.23. The standard InChI is InChI=1S/C17H22N2O4S2/c1-12(2)15-11-24-17(18-15)19-16(20)5-4-10-25(21,22)14-8-6-13(23-3)7-9-14/h6-9,11-12H,4-5,10H2,1-3H3,(H,18,19,20). The van der Waals surface area contributed by atoms with Crippen LogP contribution >= 0.6 is 11.3 Å². The van der Waals surface area contributed by atoms with Crippen LogP contribution in [0.15, 0.2) is 34.5 Å². The van der Waals surface area contributed by atoms with Crippen LogP contribution in [0.4, 0.5) is 5.13 Å². The van der Waals surface area contributed by atoms with Crippen LogP contribution in [-0.4, -0.2) is 32.2 Å². The quantitative estimate of drug-likeness (QED) is 0.755. The fourth-order valence-electron chi connectivity index (χ4n) is 2.11. The van der Waals surface area contributed by atoms with E-state index < -0.39 is 9.84 Å². The molecular formula is C17H22N2O4S2. The van der Waals surface area contributed by atoms with E-state index in [1.807, 2.05) is 19.2 Å². The minimum absolute atomic E-state index is 0.0815. The number of hydrogen-bond donors (Lipinski definition) is 1. The van der Waals surface area contributed by atoms with Crippen molar-refractivity contribution < 1.29 is 17.9 Å². The van der Waals surface area contributed by atoms with Crippen LogP contribution < -0.4 is 10.1 Å². The van der Waals surface area contributed by atoms with Gasteiger partial charge < -0.3 is 10.1 Å². The highest BCUT2D eigenvalue weighted by Crippen LogP contribution is 2.22. The number of nitrogens with zero attached hydrogens (tertiary/aromatic N) is 1. The van der Waals surface area contributed by atoms with Crippen LogP contribution in [0.5, 0.6) is 5.75 Å². The predicted molar refractivity (Wildman–Crippen MR) is 99.1 cm³/mol. The monoisotopic (exact) mass is 382 g/mol. The van der Waals surface area contributed by atoms with E-state index in [9.17, 15) is 13.2 Å². The highest BCUT2D eigenvalue weighted by atomic mass is 32.2. The Morgan fingerprint density at radius 2 is 1.96 bits per heavy atom. The molecule has 0 spiro atoms. The number of thiazole rings is 1. The second kappa shape index (κ2) is 8.44.